The lowest BCUT2D eigenvalue weighted by Gasteiger charge is -2.27. The van der Waals surface area contributed by atoms with Gasteiger partial charge in [-0.25, -0.2) is 0 Å². The summed E-state index contributed by atoms with van der Waals surface area (Å²) in [7, 11) is 0. The fourth-order valence-corrected chi connectivity index (χ4v) is 4.63. The molecular formula is C17H11N3O2S2. The van der Waals surface area contributed by atoms with Crippen LogP contribution in [0.3, 0.4) is 0 Å². The Labute approximate surface area is 144 Å². The number of hydrogen-bond acceptors (Lipinski definition) is 6. The zero-order valence-corrected chi connectivity index (χ0v) is 14.0. The molecule has 24 heavy (non-hydrogen) atoms. The van der Waals surface area contributed by atoms with Gasteiger partial charge >= 0.3 is 0 Å². The van der Waals surface area contributed by atoms with Gasteiger partial charge in [-0.15, -0.1) is 11.3 Å². The van der Waals surface area contributed by atoms with Crippen molar-refractivity contribution in [1.29, 1.82) is 0 Å². The summed E-state index contributed by atoms with van der Waals surface area (Å²) in [4.78, 5) is 18.9. The molecule has 1 atom stereocenters. The molecule has 7 heteroatoms. The summed E-state index contributed by atoms with van der Waals surface area (Å²) in [6.07, 6.45) is 0.458. The Balaban J connectivity index is 1.76. The second-order valence-electron chi connectivity index (χ2n) is 5.58. The van der Waals surface area contributed by atoms with Crippen LogP contribution in [-0.2, 0) is 12.0 Å². The van der Waals surface area contributed by atoms with Crippen molar-refractivity contribution in [2.45, 2.75) is 12.0 Å². The fraction of sp³-hybridized carbons (Fsp3) is 0.118. The average molecular weight is 353 g/mol. The first-order valence-corrected chi connectivity index (χ1v) is 9.18. The third-order valence-electron chi connectivity index (χ3n) is 4.26. The van der Waals surface area contributed by atoms with E-state index >= 15 is 0 Å². The maximum atomic E-state index is 12.8. The number of ether oxygens (including phenoxy) is 1. The molecule has 0 aliphatic carbocycles. The summed E-state index contributed by atoms with van der Waals surface area (Å²) in [6, 6.07) is 14.0. The van der Waals surface area contributed by atoms with Crippen molar-refractivity contribution >= 4 is 27.6 Å². The van der Waals surface area contributed by atoms with Crippen LogP contribution < -0.4 is 10.3 Å². The van der Waals surface area contributed by atoms with Gasteiger partial charge in [0.1, 0.15) is 5.51 Å². The smallest absolute Gasteiger partial charge is 0.282 e. The van der Waals surface area contributed by atoms with Gasteiger partial charge in [-0.3, -0.25) is 4.79 Å². The quantitative estimate of drug-likeness (QED) is 0.556. The van der Waals surface area contributed by atoms with E-state index in [9.17, 15) is 4.79 Å². The molecule has 4 aromatic rings. The first-order valence-electron chi connectivity index (χ1n) is 7.42. The van der Waals surface area contributed by atoms with Gasteiger partial charge in [-0.2, -0.15) is 14.6 Å². The van der Waals surface area contributed by atoms with E-state index in [0.29, 0.717) is 22.8 Å². The summed E-state index contributed by atoms with van der Waals surface area (Å²) in [5.41, 5.74) is 2.36. The molecule has 118 valence electrons. The van der Waals surface area contributed by atoms with Crippen LogP contribution in [0.2, 0.25) is 0 Å². The highest BCUT2D eigenvalue weighted by Crippen LogP contribution is 2.45. The van der Waals surface area contributed by atoms with Crippen LogP contribution in [0.5, 0.6) is 5.88 Å². The minimum absolute atomic E-state index is 0.148. The first kappa shape index (κ1) is 13.9. The molecule has 1 unspecified atom stereocenters. The van der Waals surface area contributed by atoms with Gasteiger partial charge in [0.2, 0.25) is 10.8 Å². The molecule has 4 heterocycles. The van der Waals surface area contributed by atoms with E-state index in [0.717, 1.165) is 10.4 Å². The van der Waals surface area contributed by atoms with Gasteiger partial charge in [0.15, 0.2) is 5.60 Å². The Kier molecular flexibility index (Phi) is 2.89. The molecule has 0 fully saturated rings. The lowest BCUT2D eigenvalue weighted by atomic mass is 9.88. The monoisotopic (exact) mass is 353 g/mol. The molecule has 0 radical (unpaired) electrons. The zero-order valence-electron chi connectivity index (χ0n) is 12.4. The second-order valence-corrected chi connectivity index (χ2v) is 7.34. The predicted molar refractivity (Wildman–Crippen MR) is 93.0 cm³/mol. The van der Waals surface area contributed by atoms with E-state index in [4.69, 9.17) is 4.74 Å². The van der Waals surface area contributed by atoms with Crippen molar-refractivity contribution in [3.8, 4) is 5.88 Å². The van der Waals surface area contributed by atoms with Crippen molar-refractivity contribution in [1.82, 2.24) is 14.6 Å². The summed E-state index contributed by atoms with van der Waals surface area (Å²) in [5.74, 6) is 0.418. The molecule has 1 aliphatic rings. The molecule has 0 bridgehead atoms. The molecular weight excluding hydrogens is 342 g/mol. The molecule has 5 nitrogen and oxygen atoms in total. The maximum absolute atomic E-state index is 12.8. The van der Waals surface area contributed by atoms with Crippen LogP contribution in [0.1, 0.15) is 16.0 Å². The highest BCUT2D eigenvalue weighted by atomic mass is 32.1. The molecule has 1 aromatic carbocycles. The average Bonchev–Trinajstić information content (AvgIpc) is 3.35. The van der Waals surface area contributed by atoms with Gasteiger partial charge in [0.25, 0.3) is 5.56 Å². The summed E-state index contributed by atoms with van der Waals surface area (Å²) >= 11 is 2.95. The SMILES string of the molecule is O=c1c2c(nc3scnn13)OC(c1ccccc1)(c1cccs1)C2. The van der Waals surface area contributed by atoms with Crippen LogP contribution in [0, 0.1) is 0 Å². The van der Waals surface area contributed by atoms with Gasteiger partial charge in [0.05, 0.1) is 10.4 Å². The van der Waals surface area contributed by atoms with E-state index in [1.807, 2.05) is 47.8 Å². The summed E-state index contributed by atoms with van der Waals surface area (Å²) in [5, 5.41) is 6.11. The van der Waals surface area contributed by atoms with Crippen molar-refractivity contribution in [2.24, 2.45) is 0 Å². The van der Waals surface area contributed by atoms with Crippen molar-refractivity contribution in [3.63, 3.8) is 0 Å². The Morgan fingerprint density at radius 2 is 2.00 bits per heavy atom. The predicted octanol–water partition coefficient (Wildman–Crippen LogP) is 3.09. The second kappa shape index (κ2) is 4.99. The van der Waals surface area contributed by atoms with Gasteiger partial charge in [0, 0.05) is 12.0 Å². The lowest BCUT2D eigenvalue weighted by Crippen LogP contribution is -2.32. The highest BCUT2D eigenvalue weighted by Gasteiger charge is 2.46. The zero-order chi connectivity index (χ0) is 16.1. The molecule has 0 saturated heterocycles. The van der Waals surface area contributed by atoms with Gasteiger partial charge in [-0.05, 0) is 11.4 Å². The minimum Gasteiger partial charge on any atom is -0.460 e. The van der Waals surface area contributed by atoms with E-state index in [-0.39, 0.29) is 5.56 Å². The Morgan fingerprint density at radius 3 is 2.79 bits per heavy atom. The Hall–Kier alpha value is -2.51. The summed E-state index contributed by atoms with van der Waals surface area (Å²) in [6.45, 7) is 0. The molecule has 1 aliphatic heterocycles. The molecule has 5 rings (SSSR count). The molecule has 3 aromatic heterocycles. The van der Waals surface area contributed by atoms with Gasteiger partial charge < -0.3 is 4.74 Å². The van der Waals surface area contributed by atoms with E-state index in [2.05, 4.69) is 10.1 Å². The van der Waals surface area contributed by atoms with Gasteiger partial charge in [-0.1, -0.05) is 47.7 Å². The number of hydrogen-bond donors (Lipinski definition) is 0. The minimum atomic E-state index is -0.700. The molecule has 0 spiro atoms. The van der Waals surface area contributed by atoms with Crippen LogP contribution in [0.4, 0.5) is 0 Å². The van der Waals surface area contributed by atoms with E-state index in [1.54, 1.807) is 16.8 Å². The summed E-state index contributed by atoms with van der Waals surface area (Å²) < 4.78 is 7.70. The van der Waals surface area contributed by atoms with Crippen molar-refractivity contribution < 1.29 is 4.74 Å². The largest absolute Gasteiger partial charge is 0.460 e. The number of thiophene rings is 1. The molecule has 0 amide bonds. The molecule has 0 N–H and O–H groups in total. The van der Waals surface area contributed by atoms with E-state index < -0.39 is 5.60 Å². The fourth-order valence-electron chi connectivity index (χ4n) is 3.15. The van der Waals surface area contributed by atoms with Crippen molar-refractivity contribution in [3.05, 3.63) is 79.7 Å². The Bertz CT molecular complexity index is 1090. The first-order chi connectivity index (χ1) is 11.8. The number of nitrogens with zero attached hydrogens (tertiary/aromatic N) is 3. The Morgan fingerprint density at radius 1 is 1.12 bits per heavy atom. The number of benzene rings is 1. The third-order valence-corrected chi connectivity index (χ3v) is 5.95. The maximum Gasteiger partial charge on any atom is 0.282 e. The van der Waals surface area contributed by atoms with Crippen LogP contribution >= 0.6 is 22.7 Å². The number of fused-ring (bicyclic) bond motifs is 2. The van der Waals surface area contributed by atoms with Crippen molar-refractivity contribution in [2.75, 3.05) is 0 Å². The topological polar surface area (TPSA) is 56.5 Å². The normalized spacial score (nSPS) is 19.3. The van der Waals surface area contributed by atoms with Crippen LogP contribution in [0.15, 0.2) is 58.1 Å². The number of aromatic nitrogens is 3. The molecule has 0 saturated carbocycles. The third kappa shape index (κ3) is 1.82. The highest BCUT2D eigenvalue weighted by molar-refractivity contribution is 7.14. The lowest BCUT2D eigenvalue weighted by molar-refractivity contribution is 0.139. The van der Waals surface area contributed by atoms with Crippen LogP contribution in [-0.4, -0.2) is 14.6 Å². The standard InChI is InChI=1S/C17H11N3O2S2/c21-15-12-9-17(13-7-4-8-23-13,11-5-2-1-3-6-11)22-14(12)19-16-20(15)18-10-24-16/h1-8,10H,9H2. The van der Waals surface area contributed by atoms with E-state index in [1.165, 1.54) is 15.9 Å². The number of rotatable bonds is 2. The van der Waals surface area contributed by atoms with Crippen LogP contribution in [0.25, 0.3) is 4.96 Å².